The Morgan fingerprint density at radius 3 is 2.70 bits per heavy atom. The van der Waals surface area contributed by atoms with Crippen molar-refractivity contribution >= 4 is 51.7 Å². The smallest absolute Gasteiger partial charge is 0.269 e. The lowest BCUT2D eigenvalue weighted by atomic mass is 10.2. The van der Waals surface area contributed by atoms with Crippen molar-refractivity contribution < 1.29 is 4.79 Å². The number of thiophene rings is 1. The third-order valence-electron chi connectivity index (χ3n) is 2.92. The highest BCUT2D eigenvalue weighted by molar-refractivity contribution is 7.80. The van der Waals surface area contributed by atoms with Gasteiger partial charge in [0.1, 0.15) is 9.87 Å². The minimum atomic E-state index is -0.145. The quantitative estimate of drug-likeness (QED) is 0.877. The first-order chi connectivity index (χ1) is 9.41. The molecule has 0 spiro atoms. The average Bonchev–Trinajstić information content (AvgIpc) is 2.77. The van der Waals surface area contributed by atoms with E-state index in [-0.39, 0.29) is 5.91 Å². The number of aryl methyl sites for hydroxylation is 1. The molecule has 1 aromatic heterocycles. The predicted octanol–water partition coefficient (Wildman–Crippen LogP) is 3.62. The number of hydrogen-bond acceptors (Lipinski definition) is 3. The highest BCUT2D eigenvalue weighted by atomic mass is 35.5. The SMILES string of the molecule is Cc1csc(C(=O)N(C)c2cccc(C(N)=S)c2)c1Cl. The molecule has 0 aliphatic heterocycles. The summed E-state index contributed by atoms with van der Waals surface area (Å²) >= 11 is 12.4. The molecule has 104 valence electrons. The van der Waals surface area contributed by atoms with Gasteiger partial charge in [0.15, 0.2) is 0 Å². The van der Waals surface area contributed by atoms with E-state index in [1.165, 1.54) is 11.3 Å². The number of hydrogen-bond donors (Lipinski definition) is 1. The third-order valence-corrected chi connectivity index (χ3v) is 4.84. The van der Waals surface area contributed by atoms with Crippen LogP contribution in [0.1, 0.15) is 20.8 Å². The second kappa shape index (κ2) is 5.91. The van der Waals surface area contributed by atoms with Crippen molar-refractivity contribution in [1.29, 1.82) is 0 Å². The van der Waals surface area contributed by atoms with E-state index in [0.29, 0.717) is 14.9 Å². The van der Waals surface area contributed by atoms with Gasteiger partial charge in [-0.3, -0.25) is 4.79 Å². The molecule has 0 atom stereocenters. The van der Waals surface area contributed by atoms with Crippen LogP contribution < -0.4 is 10.6 Å². The van der Waals surface area contributed by atoms with E-state index in [2.05, 4.69) is 0 Å². The molecule has 2 N–H and O–H groups in total. The van der Waals surface area contributed by atoms with E-state index in [0.717, 1.165) is 16.8 Å². The van der Waals surface area contributed by atoms with Gasteiger partial charge in [-0.1, -0.05) is 36.0 Å². The molecule has 0 unspecified atom stereocenters. The van der Waals surface area contributed by atoms with Crippen LogP contribution in [-0.4, -0.2) is 17.9 Å². The molecule has 6 heteroatoms. The highest BCUT2D eigenvalue weighted by Crippen LogP contribution is 2.29. The molecule has 0 saturated heterocycles. The maximum Gasteiger partial charge on any atom is 0.269 e. The lowest BCUT2D eigenvalue weighted by Gasteiger charge is -2.17. The molecule has 1 heterocycles. The minimum Gasteiger partial charge on any atom is -0.389 e. The molecular formula is C14H13ClN2OS2. The molecular weight excluding hydrogens is 312 g/mol. The molecule has 20 heavy (non-hydrogen) atoms. The fourth-order valence-corrected chi connectivity index (χ4v) is 3.09. The van der Waals surface area contributed by atoms with Gasteiger partial charge in [-0.25, -0.2) is 0 Å². The first-order valence-electron chi connectivity index (χ1n) is 5.83. The van der Waals surface area contributed by atoms with E-state index in [4.69, 9.17) is 29.6 Å². The molecule has 0 bridgehead atoms. The van der Waals surface area contributed by atoms with Crippen molar-refractivity contribution in [1.82, 2.24) is 0 Å². The van der Waals surface area contributed by atoms with Crippen LogP contribution in [0.5, 0.6) is 0 Å². The van der Waals surface area contributed by atoms with Crippen LogP contribution in [0.25, 0.3) is 0 Å². The summed E-state index contributed by atoms with van der Waals surface area (Å²) in [6, 6.07) is 7.24. The number of amides is 1. The standard InChI is InChI=1S/C14H13ClN2OS2/c1-8-7-20-12(11(8)15)14(18)17(2)10-5-3-4-9(6-10)13(16)19/h3-7H,1-2H3,(H2,16,19). The molecule has 0 aliphatic carbocycles. The van der Waals surface area contributed by atoms with Crippen LogP contribution in [0.3, 0.4) is 0 Å². The van der Waals surface area contributed by atoms with Gasteiger partial charge < -0.3 is 10.6 Å². The number of carbonyl (C=O) groups is 1. The van der Waals surface area contributed by atoms with Crippen molar-refractivity contribution in [3.05, 3.63) is 50.7 Å². The largest absolute Gasteiger partial charge is 0.389 e. The zero-order valence-corrected chi connectivity index (χ0v) is 13.4. The summed E-state index contributed by atoms with van der Waals surface area (Å²) in [5.41, 5.74) is 7.97. The second-order valence-corrected chi connectivity index (χ2v) is 6.04. The van der Waals surface area contributed by atoms with Crippen LogP contribution in [0.4, 0.5) is 5.69 Å². The number of nitrogens with two attached hydrogens (primary N) is 1. The van der Waals surface area contributed by atoms with Crippen molar-refractivity contribution in [2.45, 2.75) is 6.92 Å². The Hall–Kier alpha value is -1.43. The van der Waals surface area contributed by atoms with Crippen LogP contribution in [0.2, 0.25) is 5.02 Å². The summed E-state index contributed by atoms with van der Waals surface area (Å²) in [5, 5.41) is 2.38. The third kappa shape index (κ3) is 2.85. The normalized spacial score (nSPS) is 10.3. The Kier molecular flexibility index (Phi) is 4.42. The summed E-state index contributed by atoms with van der Waals surface area (Å²) < 4.78 is 0. The topological polar surface area (TPSA) is 46.3 Å². The van der Waals surface area contributed by atoms with Crippen molar-refractivity contribution in [2.75, 3.05) is 11.9 Å². The minimum absolute atomic E-state index is 0.145. The number of carbonyl (C=O) groups excluding carboxylic acids is 1. The van der Waals surface area contributed by atoms with Gasteiger partial charge in [-0.05, 0) is 30.0 Å². The van der Waals surface area contributed by atoms with Gasteiger partial charge in [-0.15, -0.1) is 11.3 Å². The fourth-order valence-electron chi connectivity index (χ4n) is 1.71. The first-order valence-corrected chi connectivity index (χ1v) is 7.50. The predicted molar refractivity (Wildman–Crippen MR) is 89.1 cm³/mol. The van der Waals surface area contributed by atoms with Gasteiger partial charge in [0.25, 0.3) is 5.91 Å². The lowest BCUT2D eigenvalue weighted by Crippen LogP contribution is -2.26. The van der Waals surface area contributed by atoms with Gasteiger partial charge in [0, 0.05) is 18.3 Å². The second-order valence-electron chi connectivity index (χ2n) is 4.34. The van der Waals surface area contributed by atoms with Crippen LogP contribution in [-0.2, 0) is 0 Å². The molecule has 2 aromatic rings. The Morgan fingerprint density at radius 1 is 1.45 bits per heavy atom. The Labute approximate surface area is 132 Å². The van der Waals surface area contributed by atoms with Crippen molar-refractivity contribution in [3.63, 3.8) is 0 Å². The average molecular weight is 325 g/mol. The van der Waals surface area contributed by atoms with Crippen LogP contribution in [0.15, 0.2) is 29.6 Å². The molecule has 3 nitrogen and oxygen atoms in total. The van der Waals surface area contributed by atoms with E-state index < -0.39 is 0 Å². The Balaban J connectivity index is 2.34. The molecule has 0 radical (unpaired) electrons. The van der Waals surface area contributed by atoms with Gasteiger partial charge in [0.2, 0.25) is 0 Å². The summed E-state index contributed by atoms with van der Waals surface area (Å²) in [4.78, 5) is 14.8. The van der Waals surface area contributed by atoms with Crippen molar-refractivity contribution in [2.24, 2.45) is 5.73 Å². The number of rotatable bonds is 3. The van der Waals surface area contributed by atoms with E-state index in [1.54, 1.807) is 18.0 Å². The van der Waals surface area contributed by atoms with Gasteiger partial charge in [-0.2, -0.15) is 0 Å². The molecule has 0 aliphatic rings. The monoisotopic (exact) mass is 324 g/mol. The Morgan fingerprint density at radius 2 is 2.15 bits per heavy atom. The van der Waals surface area contributed by atoms with Crippen LogP contribution in [0, 0.1) is 6.92 Å². The van der Waals surface area contributed by atoms with E-state index in [1.807, 2.05) is 30.5 Å². The maximum atomic E-state index is 12.4. The van der Waals surface area contributed by atoms with Gasteiger partial charge in [0.05, 0.1) is 5.02 Å². The maximum absolute atomic E-state index is 12.4. The summed E-state index contributed by atoms with van der Waals surface area (Å²) in [5.74, 6) is -0.145. The molecule has 1 amide bonds. The van der Waals surface area contributed by atoms with Crippen molar-refractivity contribution in [3.8, 4) is 0 Å². The molecule has 2 rings (SSSR count). The zero-order chi connectivity index (χ0) is 14.9. The number of benzene rings is 1. The molecule has 1 aromatic carbocycles. The number of halogens is 1. The fraction of sp³-hybridized carbons (Fsp3) is 0.143. The van der Waals surface area contributed by atoms with E-state index in [9.17, 15) is 4.79 Å². The summed E-state index contributed by atoms with van der Waals surface area (Å²) in [6.07, 6.45) is 0. The summed E-state index contributed by atoms with van der Waals surface area (Å²) in [7, 11) is 1.70. The van der Waals surface area contributed by atoms with Crippen LogP contribution >= 0.6 is 35.2 Å². The number of nitrogens with zero attached hydrogens (tertiary/aromatic N) is 1. The highest BCUT2D eigenvalue weighted by Gasteiger charge is 2.19. The number of anilines is 1. The first kappa shape index (κ1) is 15.0. The summed E-state index contributed by atoms with van der Waals surface area (Å²) in [6.45, 7) is 1.88. The molecule has 0 saturated carbocycles. The van der Waals surface area contributed by atoms with Gasteiger partial charge >= 0.3 is 0 Å². The lowest BCUT2D eigenvalue weighted by molar-refractivity contribution is 0.0997. The molecule has 0 fully saturated rings. The number of thiocarbonyl (C=S) groups is 1. The zero-order valence-electron chi connectivity index (χ0n) is 11.0. The Bertz CT molecular complexity index is 682. The van der Waals surface area contributed by atoms with E-state index >= 15 is 0 Å².